The Balaban J connectivity index is 0.00000560. The molecule has 3 rings (SSSR count). The lowest BCUT2D eigenvalue weighted by molar-refractivity contribution is -0.862. The van der Waals surface area contributed by atoms with Crippen molar-refractivity contribution in [2.75, 3.05) is 40.1 Å². The lowest BCUT2D eigenvalue weighted by atomic mass is 10.1. The van der Waals surface area contributed by atoms with Crippen molar-refractivity contribution < 1.29 is 40.4 Å². The van der Waals surface area contributed by atoms with Crippen molar-refractivity contribution in [1.29, 1.82) is 0 Å². The topological polar surface area (TPSA) is 148 Å². The van der Waals surface area contributed by atoms with E-state index in [1.54, 1.807) is 21.1 Å². The van der Waals surface area contributed by atoms with E-state index in [9.17, 15) is 24.5 Å². The Morgan fingerprint density at radius 2 is 1.80 bits per heavy atom. The molecule has 0 atom stereocenters. The van der Waals surface area contributed by atoms with Crippen molar-refractivity contribution in [3.63, 3.8) is 0 Å². The van der Waals surface area contributed by atoms with Gasteiger partial charge < -0.3 is 36.9 Å². The average Bonchev–Trinajstić information content (AvgIpc) is 2.86. The molecule has 0 saturated heterocycles. The van der Waals surface area contributed by atoms with E-state index in [-0.39, 0.29) is 55.9 Å². The summed E-state index contributed by atoms with van der Waals surface area (Å²) in [5.41, 5.74) is 1.20. The van der Waals surface area contributed by atoms with Crippen LogP contribution in [0.25, 0.3) is 11.0 Å². The number of nitrogens with zero attached hydrogens (tertiary/aromatic N) is 4. The fraction of sp³-hybridized carbons (Fsp3) is 0.280. The minimum absolute atomic E-state index is 0. The van der Waals surface area contributed by atoms with E-state index in [2.05, 4.69) is 15.8 Å². The zero-order valence-electron chi connectivity index (χ0n) is 22.3. The van der Waals surface area contributed by atoms with E-state index in [0.717, 1.165) is 0 Å². The number of ketones is 1. The normalized spacial score (nSPS) is 11.5. The van der Waals surface area contributed by atoms with Gasteiger partial charge in [0.2, 0.25) is 5.78 Å². The molecule has 2 N–H and O–H groups in total. The second-order valence-corrected chi connectivity index (χ2v) is 10.4. The van der Waals surface area contributed by atoms with Gasteiger partial charge in [-0.25, -0.2) is 5.43 Å². The van der Waals surface area contributed by atoms with Crippen molar-refractivity contribution in [3.8, 4) is 5.75 Å². The predicted molar refractivity (Wildman–Crippen MR) is 148 cm³/mol. The Labute approximate surface area is 245 Å². The maximum absolute atomic E-state index is 13.4. The number of hydrazone groups is 1. The number of carbonyl (C=O) groups is 3. The lowest BCUT2D eigenvalue weighted by Crippen LogP contribution is -3.00. The van der Waals surface area contributed by atoms with Crippen LogP contribution in [0, 0.1) is 17.0 Å². The third kappa shape index (κ3) is 7.69. The van der Waals surface area contributed by atoms with E-state index in [1.807, 2.05) is 0 Å². The van der Waals surface area contributed by atoms with Crippen LogP contribution < -0.4 is 32.3 Å². The number of Topliss-reactive ketones (excluding diaryl/α,β-unsaturated/α-hetero) is 1. The van der Waals surface area contributed by atoms with E-state index in [1.165, 1.54) is 50.4 Å². The Hall–Kier alpha value is -3.71. The van der Waals surface area contributed by atoms with Crippen LogP contribution in [0.5, 0.6) is 5.75 Å². The number of quaternary nitrogens is 1. The second kappa shape index (κ2) is 13.1. The minimum atomic E-state index is -0.885. The van der Waals surface area contributed by atoms with Crippen molar-refractivity contribution in [2.45, 2.75) is 13.3 Å². The third-order valence-electron chi connectivity index (χ3n) is 5.43. The number of hydrogen-bond acceptors (Lipinski definition) is 7. The zero-order chi connectivity index (χ0) is 29.1. The van der Waals surface area contributed by atoms with Crippen LogP contribution in [0.4, 0.5) is 5.69 Å². The van der Waals surface area contributed by atoms with E-state index >= 15 is 0 Å². The molecule has 0 radical (unpaired) electrons. The summed E-state index contributed by atoms with van der Waals surface area (Å²) in [5.74, 6) is -1.99. The standard InChI is InChI=1S/C25H26Cl2N6O6.ClH/c1-14-24(32(38)21-11-16(39-5)7-9-20(21)31(14)37)22(34)12-19(29-30-23(35)13-33(2,3)4)25(36)28-18-10-15(26)6-8-17(18)27;/h6-11H,12-13H2,1-5H3,(H-,28,30,35,36);1H. The van der Waals surface area contributed by atoms with Crippen LogP contribution in [-0.2, 0) is 9.59 Å². The second-order valence-electron chi connectivity index (χ2n) is 9.60. The van der Waals surface area contributed by atoms with Crippen molar-refractivity contribution in [2.24, 2.45) is 5.10 Å². The fourth-order valence-corrected chi connectivity index (χ4v) is 3.95. The first-order valence-electron chi connectivity index (χ1n) is 11.5. The van der Waals surface area contributed by atoms with Crippen LogP contribution in [0.2, 0.25) is 10.0 Å². The molecule has 2 amide bonds. The van der Waals surface area contributed by atoms with Crippen molar-refractivity contribution in [3.05, 3.63) is 67.9 Å². The van der Waals surface area contributed by atoms with Crippen LogP contribution in [-0.4, -0.2) is 67.3 Å². The highest BCUT2D eigenvalue weighted by Gasteiger charge is 2.30. The van der Waals surface area contributed by atoms with Crippen molar-refractivity contribution in [1.82, 2.24) is 10.2 Å². The van der Waals surface area contributed by atoms with Gasteiger partial charge in [-0.3, -0.25) is 14.4 Å². The van der Waals surface area contributed by atoms with Crippen LogP contribution in [0.15, 0.2) is 41.5 Å². The van der Waals surface area contributed by atoms with Gasteiger partial charge in [0.1, 0.15) is 17.0 Å². The van der Waals surface area contributed by atoms with Gasteiger partial charge >= 0.3 is 5.69 Å². The quantitative estimate of drug-likeness (QED) is 0.113. The number of benzene rings is 2. The molecule has 0 aliphatic heterocycles. The number of likely N-dealkylation sites (N-methyl/N-ethyl adjacent to an activating group) is 1. The summed E-state index contributed by atoms with van der Waals surface area (Å²) in [4.78, 5) is 52.1. The maximum atomic E-state index is 13.4. The number of rotatable bonds is 9. The largest absolute Gasteiger partial charge is 1.00 e. The van der Waals surface area contributed by atoms with Gasteiger partial charge in [0.25, 0.3) is 17.3 Å². The number of hydrogen-bond donors (Lipinski definition) is 2. The van der Waals surface area contributed by atoms with Gasteiger partial charge in [-0.2, -0.15) is 5.10 Å². The molecule has 0 fully saturated rings. The molecule has 1 heterocycles. The van der Waals surface area contributed by atoms with Crippen LogP contribution in [0.3, 0.4) is 0 Å². The molecular formula is C25H27Cl3N6O6. The molecule has 0 aliphatic carbocycles. The Morgan fingerprint density at radius 1 is 1.12 bits per heavy atom. The summed E-state index contributed by atoms with van der Waals surface area (Å²) in [6.45, 7) is 1.33. The van der Waals surface area contributed by atoms with Crippen LogP contribution in [0.1, 0.15) is 22.6 Å². The highest BCUT2D eigenvalue weighted by Crippen LogP contribution is 2.26. The number of anilines is 1. The first kappa shape index (κ1) is 32.5. The van der Waals surface area contributed by atoms with Crippen molar-refractivity contribution >= 4 is 63.2 Å². The number of methoxy groups -OCH3 is 1. The Kier molecular flexibility index (Phi) is 10.6. The molecule has 0 aliphatic rings. The van der Waals surface area contributed by atoms with E-state index in [4.69, 9.17) is 27.9 Å². The molecule has 214 valence electrons. The average molecular weight is 614 g/mol. The summed E-state index contributed by atoms with van der Waals surface area (Å²) in [6, 6.07) is 8.60. The molecule has 40 heavy (non-hydrogen) atoms. The molecule has 2 aromatic carbocycles. The number of aromatic nitrogens is 2. The zero-order valence-corrected chi connectivity index (χ0v) is 24.5. The SMILES string of the molecule is COc1ccc2c(c1)[n+](=O)c(C(=O)C/C(=N\NC(=O)C[N+](C)(C)C)C(=O)Nc1cc(Cl)ccc1Cl)c(C)n2[O-].[Cl-]. The summed E-state index contributed by atoms with van der Waals surface area (Å²) in [7, 11) is 6.74. The van der Waals surface area contributed by atoms with Crippen LogP contribution >= 0.6 is 23.2 Å². The third-order valence-corrected chi connectivity index (χ3v) is 6.00. The first-order valence-corrected chi connectivity index (χ1v) is 12.3. The number of fused-ring (bicyclic) bond motifs is 1. The smallest absolute Gasteiger partial charge is 0.325 e. The number of carbonyl (C=O) groups excluding carboxylic acids is 3. The predicted octanol–water partition coefficient (Wildman–Crippen LogP) is -0.0806. The molecule has 3 aromatic rings. The number of amides is 2. The number of nitrogens with one attached hydrogen (secondary N) is 2. The summed E-state index contributed by atoms with van der Waals surface area (Å²) in [5, 5.41) is 19.7. The Bertz CT molecular complexity index is 1570. The monoisotopic (exact) mass is 612 g/mol. The highest BCUT2D eigenvalue weighted by atomic mass is 35.5. The molecule has 1 aromatic heterocycles. The Morgan fingerprint density at radius 3 is 2.42 bits per heavy atom. The number of halogens is 3. The van der Waals surface area contributed by atoms with Gasteiger partial charge in [-0.1, -0.05) is 23.2 Å². The molecule has 12 nitrogen and oxygen atoms in total. The van der Waals surface area contributed by atoms with Gasteiger partial charge in [0, 0.05) is 9.93 Å². The van der Waals surface area contributed by atoms with Gasteiger partial charge in [0.15, 0.2) is 6.54 Å². The fourth-order valence-electron chi connectivity index (χ4n) is 3.61. The van der Waals surface area contributed by atoms with E-state index in [0.29, 0.717) is 14.9 Å². The van der Waals surface area contributed by atoms with Gasteiger partial charge in [0.05, 0.1) is 61.6 Å². The summed E-state index contributed by atoms with van der Waals surface area (Å²) < 4.78 is 6.16. The first-order chi connectivity index (χ1) is 18.2. The highest BCUT2D eigenvalue weighted by molar-refractivity contribution is 6.47. The molecule has 0 spiro atoms. The number of ether oxygens (including phenoxy) is 1. The molecule has 0 unspecified atom stereocenters. The minimum Gasteiger partial charge on any atom is -1.00 e. The summed E-state index contributed by atoms with van der Waals surface area (Å²) in [6.07, 6.45) is -0.729. The van der Waals surface area contributed by atoms with Gasteiger partial charge in [-0.05, 0) is 37.3 Å². The molecular weight excluding hydrogens is 587 g/mol. The molecule has 0 bridgehead atoms. The lowest BCUT2D eigenvalue weighted by Gasteiger charge is -2.22. The summed E-state index contributed by atoms with van der Waals surface area (Å²) >= 11 is 12.1. The molecule has 15 heteroatoms. The van der Waals surface area contributed by atoms with E-state index < -0.39 is 35.4 Å². The maximum Gasteiger partial charge on any atom is 0.325 e. The van der Waals surface area contributed by atoms with Gasteiger partial charge in [-0.15, -0.1) is 0 Å². The molecule has 0 saturated carbocycles.